The fraction of sp³-hybridized carbons (Fsp3) is 0.562. The van der Waals surface area contributed by atoms with E-state index in [1.54, 1.807) is 44.2 Å². The molecule has 3 aliphatic rings. The highest BCUT2D eigenvalue weighted by molar-refractivity contribution is 7.90. The van der Waals surface area contributed by atoms with Gasteiger partial charge in [-0.1, -0.05) is 62.2 Å². The van der Waals surface area contributed by atoms with E-state index in [2.05, 4.69) is 41.4 Å². The Bertz CT molecular complexity index is 1560. The van der Waals surface area contributed by atoms with Crippen molar-refractivity contribution in [3.63, 3.8) is 0 Å². The Labute approximate surface area is 269 Å². The Morgan fingerprint density at radius 1 is 1.09 bits per heavy atom. The molecule has 0 radical (unpaired) electrons. The maximum absolute atomic E-state index is 16.0. The second kappa shape index (κ2) is 12.2. The van der Waals surface area contributed by atoms with E-state index in [1.807, 2.05) is 0 Å². The summed E-state index contributed by atoms with van der Waals surface area (Å²) in [7, 11) is -3.40. The summed E-state index contributed by atoms with van der Waals surface area (Å²) in [5.41, 5.74) is -0.186. The maximum Gasteiger partial charge on any atom is 0.238 e. The van der Waals surface area contributed by atoms with Crippen LogP contribution in [-0.4, -0.2) is 49.6 Å². The standard InChI is InChI=1S/C32H41Cl2FN4O4S/c1-17(2)44(42,43)39-20-12-10-19(11-13-20)36-29(40)28-26(21-7-6-8-23(34)27(21)35)32(25(38-28)16-31(3,4)5)22-14-9-18(33)15-24(22)37-30(32)41/h6-9,14-15,17,19-20,25-26,28,38-39H,10-13,16H2,1-5H3,(H,36,40)(H,37,41)/t19-,20-,25-,26+,28-,32+/m1/s1. The van der Waals surface area contributed by atoms with Gasteiger partial charge in [0.05, 0.1) is 16.3 Å². The van der Waals surface area contributed by atoms with Crippen LogP contribution in [0.3, 0.4) is 0 Å². The van der Waals surface area contributed by atoms with Crippen LogP contribution in [0.15, 0.2) is 36.4 Å². The highest BCUT2D eigenvalue weighted by Gasteiger charge is 2.66. The summed E-state index contributed by atoms with van der Waals surface area (Å²) in [5.74, 6) is -2.26. The van der Waals surface area contributed by atoms with Crippen LogP contribution in [0.5, 0.6) is 0 Å². The fourth-order valence-corrected chi connectivity index (χ4v) is 8.49. The molecule has 2 heterocycles. The second-order valence-electron chi connectivity index (χ2n) is 13.9. The molecule has 5 rings (SSSR count). The number of hydrogen-bond donors (Lipinski definition) is 4. The van der Waals surface area contributed by atoms with Gasteiger partial charge in [-0.3, -0.25) is 9.59 Å². The van der Waals surface area contributed by atoms with Crippen LogP contribution in [-0.2, 0) is 25.0 Å². The molecule has 12 heteroatoms. The highest BCUT2D eigenvalue weighted by atomic mass is 35.5. The van der Waals surface area contributed by atoms with Crippen LogP contribution in [0.25, 0.3) is 0 Å². The molecule has 2 amide bonds. The number of nitrogens with one attached hydrogen (secondary N) is 4. The number of carbonyl (C=O) groups is 2. The van der Waals surface area contributed by atoms with E-state index in [9.17, 15) is 18.0 Å². The molecule has 1 aliphatic carbocycles. The van der Waals surface area contributed by atoms with E-state index in [0.29, 0.717) is 48.4 Å². The molecule has 1 spiro atoms. The largest absolute Gasteiger partial charge is 0.352 e. The van der Waals surface area contributed by atoms with Crippen LogP contribution < -0.4 is 20.7 Å². The minimum absolute atomic E-state index is 0.0898. The molecule has 0 aromatic heterocycles. The monoisotopic (exact) mass is 666 g/mol. The first-order valence-electron chi connectivity index (χ1n) is 15.2. The van der Waals surface area contributed by atoms with Gasteiger partial charge in [0.25, 0.3) is 0 Å². The van der Waals surface area contributed by atoms with Gasteiger partial charge < -0.3 is 16.0 Å². The number of hydrogen-bond acceptors (Lipinski definition) is 5. The van der Waals surface area contributed by atoms with Crippen molar-refractivity contribution >= 4 is 50.7 Å². The van der Waals surface area contributed by atoms with Gasteiger partial charge in [-0.05, 0) is 80.7 Å². The Hall–Kier alpha value is -2.24. The molecular formula is C32H41Cl2FN4O4S. The number of amides is 2. The molecule has 44 heavy (non-hydrogen) atoms. The summed E-state index contributed by atoms with van der Waals surface area (Å²) in [6, 6.07) is 7.99. The van der Waals surface area contributed by atoms with Crippen molar-refractivity contribution in [3.05, 3.63) is 63.4 Å². The van der Waals surface area contributed by atoms with E-state index in [1.165, 1.54) is 6.07 Å². The van der Waals surface area contributed by atoms with Crippen molar-refractivity contribution in [3.8, 4) is 0 Å². The zero-order valence-corrected chi connectivity index (χ0v) is 28.0. The quantitative estimate of drug-likeness (QED) is 0.305. The molecule has 2 aliphatic heterocycles. The topological polar surface area (TPSA) is 116 Å². The van der Waals surface area contributed by atoms with Gasteiger partial charge in [-0.25, -0.2) is 17.5 Å². The van der Waals surface area contributed by atoms with Crippen molar-refractivity contribution in [2.24, 2.45) is 5.41 Å². The van der Waals surface area contributed by atoms with Gasteiger partial charge >= 0.3 is 0 Å². The van der Waals surface area contributed by atoms with Gasteiger partial charge in [0.2, 0.25) is 21.8 Å². The molecule has 4 N–H and O–H groups in total. The number of anilines is 1. The third-order valence-electron chi connectivity index (χ3n) is 9.25. The predicted octanol–water partition coefficient (Wildman–Crippen LogP) is 5.64. The predicted molar refractivity (Wildman–Crippen MR) is 172 cm³/mol. The van der Waals surface area contributed by atoms with Crippen LogP contribution in [0.1, 0.15) is 83.8 Å². The van der Waals surface area contributed by atoms with E-state index in [4.69, 9.17) is 23.2 Å². The molecule has 2 aromatic carbocycles. The van der Waals surface area contributed by atoms with E-state index in [-0.39, 0.29) is 39.9 Å². The minimum Gasteiger partial charge on any atom is -0.352 e. The molecule has 0 bridgehead atoms. The third-order valence-corrected chi connectivity index (χ3v) is 11.7. The summed E-state index contributed by atoms with van der Waals surface area (Å²) >= 11 is 12.6. The molecule has 240 valence electrons. The molecule has 2 aromatic rings. The first-order chi connectivity index (χ1) is 20.5. The van der Waals surface area contributed by atoms with E-state index in [0.717, 1.165) is 0 Å². The maximum atomic E-state index is 16.0. The smallest absolute Gasteiger partial charge is 0.238 e. The number of benzene rings is 2. The highest BCUT2D eigenvalue weighted by Crippen LogP contribution is 2.57. The van der Waals surface area contributed by atoms with Crippen LogP contribution in [0, 0.1) is 11.2 Å². The minimum atomic E-state index is -3.40. The number of halogens is 3. The first-order valence-corrected chi connectivity index (χ1v) is 17.5. The van der Waals surface area contributed by atoms with E-state index >= 15 is 4.39 Å². The zero-order valence-electron chi connectivity index (χ0n) is 25.6. The summed E-state index contributed by atoms with van der Waals surface area (Å²) in [6.07, 6.45) is 2.84. The van der Waals surface area contributed by atoms with Gasteiger partial charge in [0.1, 0.15) is 11.2 Å². The van der Waals surface area contributed by atoms with Gasteiger partial charge in [-0.2, -0.15) is 0 Å². The number of fused-ring (bicyclic) bond motifs is 2. The Kier molecular flexibility index (Phi) is 9.17. The van der Waals surface area contributed by atoms with Crippen molar-refractivity contribution in [1.29, 1.82) is 0 Å². The first kappa shape index (κ1) is 33.1. The van der Waals surface area contributed by atoms with Crippen molar-refractivity contribution in [1.82, 2.24) is 15.4 Å². The lowest BCUT2D eigenvalue weighted by molar-refractivity contribution is -0.124. The van der Waals surface area contributed by atoms with Gasteiger partial charge in [0, 0.05) is 34.8 Å². The van der Waals surface area contributed by atoms with Crippen LogP contribution in [0.2, 0.25) is 10.0 Å². The fourth-order valence-electron chi connectivity index (χ4n) is 7.17. The average molecular weight is 668 g/mol. The summed E-state index contributed by atoms with van der Waals surface area (Å²) in [5, 5.41) is 9.46. The summed E-state index contributed by atoms with van der Waals surface area (Å²) < 4.78 is 43.5. The lowest BCUT2D eigenvalue weighted by atomic mass is 9.62. The van der Waals surface area contributed by atoms with Gasteiger partial charge in [0.15, 0.2) is 0 Å². The third kappa shape index (κ3) is 6.12. The molecule has 1 saturated carbocycles. The lowest BCUT2D eigenvalue weighted by Gasteiger charge is -2.38. The molecule has 0 unspecified atom stereocenters. The second-order valence-corrected chi connectivity index (χ2v) is 17.0. The Morgan fingerprint density at radius 3 is 2.39 bits per heavy atom. The normalized spacial score (nSPS) is 28.8. The average Bonchev–Trinajstić information content (AvgIpc) is 3.40. The lowest BCUT2D eigenvalue weighted by Crippen LogP contribution is -2.51. The SMILES string of the molecule is CC(C)S(=O)(=O)N[C@H]1CC[C@H](NC(=O)[C@@H]2N[C@H](CC(C)(C)C)[C@]3(C(=O)Nc4cc(Cl)ccc43)[C@H]2c2cccc(Cl)c2F)CC1. The molecule has 2 fully saturated rings. The van der Waals surface area contributed by atoms with Crippen molar-refractivity contribution in [2.45, 2.75) is 107 Å². The Morgan fingerprint density at radius 2 is 1.75 bits per heavy atom. The number of rotatable bonds is 7. The van der Waals surface area contributed by atoms with Gasteiger partial charge in [-0.15, -0.1) is 0 Å². The number of carbonyl (C=O) groups excluding carboxylic acids is 2. The van der Waals surface area contributed by atoms with Crippen LogP contribution in [0.4, 0.5) is 10.1 Å². The van der Waals surface area contributed by atoms with Crippen molar-refractivity contribution < 1.29 is 22.4 Å². The van der Waals surface area contributed by atoms with Crippen molar-refractivity contribution in [2.75, 3.05) is 5.32 Å². The molecule has 1 saturated heterocycles. The zero-order chi connectivity index (χ0) is 32.2. The Balaban J connectivity index is 1.52. The van der Waals surface area contributed by atoms with E-state index < -0.39 is 44.5 Å². The summed E-state index contributed by atoms with van der Waals surface area (Å²) in [4.78, 5) is 28.5. The molecule has 8 nitrogen and oxygen atoms in total. The summed E-state index contributed by atoms with van der Waals surface area (Å²) in [6.45, 7) is 9.46. The molecule has 4 atom stereocenters. The number of sulfonamides is 1. The van der Waals surface area contributed by atoms with Crippen LogP contribution >= 0.6 is 23.2 Å². The molecular weight excluding hydrogens is 626 g/mol.